The van der Waals surface area contributed by atoms with Crippen LogP contribution in [-0.4, -0.2) is 66.3 Å². The molecule has 0 amide bonds. The number of ether oxygens (including phenoxy) is 1. The molecule has 3 aliphatic heterocycles. The van der Waals surface area contributed by atoms with E-state index in [1.807, 2.05) is 0 Å². The standard InChI is InChI=1S/C17H31N3O/c18-14-2-8-19(9-3-14)16-4-10-20(13-16)15-5-11-21-17(12-15)6-1-7-17/h14-16H,1-13,18H2. The summed E-state index contributed by atoms with van der Waals surface area (Å²) >= 11 is 0. The van der Waals surface area contributed by atoms with Crippen molar-refractivity contribution in [3.8, 4) is 0 Å². The van der Waals surface area contributed by atoms with Gasteiger partial charge in [-0.05, 0) is 64.5 Å². The molecule has 0 aromatic carbocycles. The van der Waals surface area contributed by atoms with E-state index >= 15 is 0 Å². The minimum atomic E-state index is 0.291. The van der Waals surface area contributed by atoms with E-state index in [9.17, 15) is 0 Å². The molecule has 21 heavy (non-hydrogen) atoms. The Morgan fingerprint density at radius 2 is 1.67 bits per heavy atom. The van der Waals surface area contributed by atoms with Crippen molar-refractivity contribution in [2.24, 2.45) is 5.73 Å². The molecular formula is C17H31N3O. The average Bonchev–Trinajstić information content (AvgIpc) is 2.96. The average molecular weight is 293 g/mol. The predicted molar refractivity (Wildman–Crippen MR) is 84.3 cm³/mol. The van der Waals surface area contributed by atoms with Crippen molar-refractivity contribution in [1.29, 1.82) is 0 Å². The number of hydrogen-bond donors (Lipinski definition) is 1. The lowest BCUT2D eigenvalue weighted by molar-refractivity contribution is -0.147. The lowest BCUT2D eigenvalue weighted by atomic mass is 9.73. The number of likely N-dealkylation sites (tertiary alicyclic amines) is 2. The van der Waals surface area contributed by atoms with Gasteiger partial charge >= 0.3 is 0 Å². The number of nitrogens with two attached hydrogens (primary N) is 1. The van der Waals surface area contributed by atoms with Crippen LogP contribution in [0.4, 0.5) is 0 Å². The largest absolute Gasteiger partial charge is 0.375 e. The summed E-state index contributed by atoms with van der Waals surface area (Å²) in [5, 5.41) is 0. The van der Waals surface area contributed by atoms with Gasteiger partial charge in [-0.3, -0.25) is 9.80 Å². The molecule has 0 aromatic rings. The van der Waals surface area contributed by atoms with Crippen LogP contribution < -0.4 is 5.73 Å². The van der Waals surface area contributed by atoms with E-state index in [0.717, 1.165) is 18.7 Å². The first-order valence-corrected chi connectivity index (χ1v) is 9.12. The summed E-state index contributed by atoms with van der Waals surface area (Å²) in [7, 11) is 0. The Bertz CT molecular complexity index is 363. The van der Waals surface area contributed by atoms with Crippen molar-refractivity contribution in [1.82, 2.24) is 9.80 Å². The molecule has 2 unspecified atom stereocenters. The van der Waals surface area contributed by atoms with Gasteiger partial charge < -0.3 is 10.5 Å². The van der Waals surface area contributed by atoms with Crippen LogP contribution in [0.3, 0.4) is 0 Å². The van der Waals surface area contributed by atoms with Crippen molar-refractivity contribution >= 4 is 0 Å². The molecule has 1 aliphatic carbocycles. The number of piperidine rings is 1. The highest BCUT2D eigenvalue weighted by atomic mass is 16.5. The summed E-state index contributed by atoms with van der Waals surface area (Å²) in [6, 6.07) is 2.03. The molecule has 4 heteroatoms. The fraction of sp³-hybridized carbons (Fsp3) is 1.00. The van der Waals surface area contributed by atoms with Crippen LogP contribution in [0.1, 0.15) is 51.4 Å². The summed E-state index contributed by atoms with van der Waals surface area (Å²) in [4.78, 5) is 5.49. The first kappa shape index (κ1) is 14.4. The Labute approximate surface area is 129 Å². The van der Waals surface area contributed by atoms with Gasteiger partial charge in [0.05, 0.1) is 5.60 Å². The topological polar surface area (TPSA) is 41.7 Å². The fourth-order valence-corrected chi connectivity index (χ4v) is 4.92. The quantitative estimate of drug-likeness (QED) is 0.839. The first-order valence-electron chi connectivity index (χ1n) is 9.12. The Kier molecular flexibility index (Phi) is 3.99. The van der Waals surface area contributed by atoms with Gasteiger partial charge in [0.15, 0.2) is 0 Å². The fourth-order valence-electron chi connectivity index (χ4n) is 4.92. The second-order valence-electron chi connectivity index (χ2n) is 7.84. The highest BCUT2D eigenvalue weighted by Crippen LogP contribution is 2.44. The number of hydrogen-bond acceptors (Lipinski definition) is 4. The van der Waals surface area contributed by atoms with Crippen molar-refractivity contribution in [3.63, 3.8) is 0 Å². The molecule has 0 radical (unpaired) electrons. The molecule has 4 fully saturated rings. The van der Waals surface area contributed by atoms with E-state index in [1.54, 1.807) is 0 Å². The third kappa shape index (κ3) is 2.88. The third-order valence-corrected chi connectivity index (χ3v) is 6.53. The Hall–Kier alpha value is -0.160. The van der Waals surface area contributed by atoms with E-state index < -0.39 is 0 Å². The highest BCUT2D eigenvalue weighted by Gasteiger charge is 2.45. The van der Waals surface area contributed by atoms with Crippen molar-refractivity contribution in [2.45, 2.75) is 75.1 Å². The molecule has 4 nitrogen and oxygen atoms in total. The monoisotopic (exact) mass is 293 g/mol. The molecule has 1 spiro atoms. The first-order chi connectivity index (χ1) is 10.2. The lowest BCUT2D eigenvalue weighted by Gasteiger charge is -2.49. The van der Waals surface area contributed by atoms with E-state index in [0.29, 0.717) is 11.6 Å². The number of nitrogens with zero attached hydrogens (tertiary/aromatic N) is 2. The molecule has 4 rings (SSSR count). The zero-order valence-corrected chi connectivity index (χ0v) is 13.3. The van der Waals surface area contributed by atoms with Gasteiger partial charge in [-0.25, -0.2) is 0 Å². The molecule has 2 N–H and O–H groups in total. The molecule has 3 saturated heterocycles. The third-order valence-electron chi connectivity index (χ3n) is 6.53. The van der Waals surface area contributed by atoms with Crippen LogP contribution in [0, 0.1) is 0 Å². The molecule has 3 heterocycles. The zero-order valence-electron chi connectivity index (χ0n) is 13.3. The summed E-state index contributed by atoms with van der Waals surface area (Å²) in [6.45, 7) is 6.02. The highest BCUT2D eigenvalue weighted by molar-refractivity contribution is 4.99. The molecular weight excluding hydrogens is 262 g/mol. The van der Waals surface area contributed by atoms with Gasteiger partial charge in [-0.15, -0.1) is 0 Å². The Morgan fingerprint density at radius 1 is 0.905 bits per heavy atom. The molecule has 2 atom stereocenters. The summed E-state index contributed by atoms with van der Waals surface area (Å²) in [6.07, 6.45) is 10.3. The van der Waals surface area contributed by atoms with E-state index in [4.69, 9.17) is 10.5 Å². The van der Waals surface area contributed by atoms with Crippen LogP contribution in [0.5, 0.6) is 0 Å². The number of rotatable bonds is 2. The predicted octanol–water partition coefficient (Wildman–Crippen LogP) is 1.59. The molecule has 120 valence electrons. The van der Waals surface area contributed by atoms with E-state index in [-0.39, 0.29) is 0 Å². The molecule has 4 aliphatic rings. The summed E-state index contributed by atoms with van der Waals surface area (Å²) < 4.78 is 6.10. The SMILES string of the molecule is NC1CCN(C2CCN(C3CCOC4(CCC4)C3)C2)CC1. The van der Waals surface area contributed by atoms with Gasteiger partial charge in [-0.2, -0.15) is 0 Å². The zero-order chi connectivity index (χ0) is 14.3. The summed E-state index contributed by atoms with van der Waals surface area (Å²) in [5.74, 6) is 0. The molecule has 0 bridgehead atoms. The van der Waals surface area contributed by atoms with Crippen LogP contribution in [0.25, 0.3) is 0 Å². The lowest BCUT2D eigenvalue weighted by Crippen LogP contribution is -2.52. The maximum Gasteiger partial charge on any atom is 0.0697 e. The molecule has 0 aromatic heterocycles. The normalized spacial score (nSPS) is 38.7. The summed E-state index contributed by atoms with van der Waals surface area (Å²) in [5.41, 5.74) is 6.33. The van der Waals surface area contributed by atoms with Gasteiger partial charge in [0.1, 0.15) is 0 Å². The van der Waals surface area contributed by atoms with Gasteiger partial charge in [-0.1, -0.05) is 0 Å². The van der Waals surface area contributed by atoms with Crippen molar-refractivity contribution < 1.29 is 4.74 Å². The van der Waals surface area contributed by atoms with E-state index in [2.05, 4.69) is 9.80 Å². The molecule has 1 saturated carbocycles. The van der Waals surface area contributed by atoms with Crippen LogP contribution in [0.15, 0.2) is 0 Å². The van der Waals surface area contributed by atoms with Crippen LogP contribution in [0.2, 0.25) is 0 Å². The van der Waals surface area contributed by atoms with Crippen LogP contribution in [-0.2, 0) is 4.74 Å². The Balaban J connectivity index is 1.31. The minimum Gasteiger partial charge on any atom is -0.375 e. The van der Waals surface area contributed by atoms with Crippen molar-refractivity contribution in [2.75, 3.05) is 32.8 Å². The second-order valence-corrected chi connectivity index (χ2v) is 7.84. The smallest absolute Gasteiger partial charge is 0.0697 e. The maximum absolute atomic E-state index is 6.10. The van der Waals surface area contributed by atoms with Gasteiger partial charge in [0, 0.05) is 37.8 Å². The van der Waals surface area contributed by atoms with Gasteiger partial charge in [0.2, 0.25) is 0 Å². The minimum absolute atomic E-state index is 0.291. The van der Waals surface area contributed by atoms with E-state index in [1.165, 1.54) is 77.5 Å². The maximum atomic E-state index is 6.10. The Morgan fingerprint density at radius 3 is 2.38 bits per heavy atom. The van der Waals surface area contributed by atoms with Crippen molar-refractivity contribution in [3.05, 3.63) is 0 Å². The second kappa shape index (κ2) is 5.80. The van der Waals surface area contributed by atoms with Crippen LogP contribution >= 0.6 is 0 Å². The van der Waals surface area contributed by atoms with Gasteiger partial charge in [0.25, 0.3) is 0 Å².